The normalized spacial score (nSPS) is 15.5. The summed E-state index contributed by atoms with van der Waals surface area (Å²) in [6, 6.07) is 7.65. The van der Waals surface area contributed by atoms with E-state index in [1.54, 1.807) is 11.3 Å². The number of hydrogen-bond acceptors (Lipinski definition) is 4. The Labute approximate surface area is 189 Å². The van der Waals surface area contributed by atoms with Gasteiger partial charge in [0.25, 0.3) is 5.91 Å². The molecule has 1 aromatic carbocycles. The SMILES string of the molecule is C[Si](C)(C)CCOCn1ccc2c(C(=O)NC3CCCCC3)cc(-c3cncs3)cc21. The van der Waals surface area contributed by atoms with E-state index in [-0.39, 0.29) is 11.9 Å². The van der Waals surface area contributed by atoms with Crippen LogP contribution in [0.5, 0.6) is 0 Å². The number of aromatic nitrogens is 2. The van der Waals surface area contributed by atoms with Gasteiger partial charge in [0.05, 0.1) is 15.9 Å². The Kier molecular flexibility index (Phi) is 6.94. The van der Waals surface area contributed by atoms with Crippen molar-refractivity contribution in [2.45, 2.75) is 70.6 Å². The molecule has 1 saturated carbocycles. The van der Waals surface area contributed by atoms with E-state index < -0.39 is 8.07 Å². The lowest BCUT2D eigenvalue weighted by atomic mass is 9.95. The lowest BCUT2D eigenvalue weighted by Crippen LogP contribution is -2.36. The zero-order valence-electron chi connectivity index (χ0n) is 18.8. The fraction of sp³-hybridized carbons (Fsp3) is 0.500. The third kappa shape index (κ3) is 5.64. The van der Waals surface area contributed by atoms with E-state index in [0.717, 1.165) is 52.4 Å². The van der Waals surface area contributed by atoms with Gasteiger partial charge in [-0.05, 0) is 42.6 Å². The number of ether oxygens (including phenoxy) is 1. The minimum atomic E-state index is -1.12. The first-order valence-electron chi connectivity index (χ1n) is 11.3. The standard InChI is InChI=1S/C24H33N3O2SSi/c1-31(2,3)12-11-29-17-27-10-9-20-21(24(28)26-19-7-5-4-6-8-19)13-18(14-22(20)27)23-15-25-16-30-23/h9-10,13-16,19H,4-8,11-12,17H2,1-3H3,(H,26,28). The first-order valence-corrected chi connectivity index (χ1v) is 15.9. The Morgan fingerprint density at radius 1 is 1.26 bits per heavy atom. The fourth-order valence-electron chi connectivity index (χ4n) is 4.15. The maximum Gasteiger partial charge on any atom is 0.252 e. The van der Waals surface area contributed by atoms with Gasteiger partial charge in [-0.2, -0.15) is 0 Å². The maximum atomic E-state index is 13.3. The van der Waals surface area contributed by atoms with Crippen LogP contribution in [0.4, 0.5) is 0 Å². The topological polar surface area (TPSA) is 56.1 Å². The van der Waals surface area contributed by atoms with Gasteiger partial charge in [-0.15, -0.1) is 11.3 Å². The molecule has 3 aromatic rings. The van der Waals surface area contributed by atoms with Gasteiger partial charge in [0.2, 0.25) is 0 Å². The van der Waals surface area contributed by atoms with Crippen LogP contribution in [-0.2, 0) is 11.5 Å². The molecule has 1 aliphatic carbocycles. The third-order valence-electron chi connectivity index (χ3n) is 6.02. The highest BCUT2D eigenvalue weighted by atomic mass is 32.1. The van der Waals surface area contributed by atoms with Crippen LogP contribution < -0.4 is 5.32 Å². The molecule has 31 heavy (non-hydrogen) atoms. The van der Waals surface area contributed by atoms with Gasteiger partial charge < -0.3 is 14.6 Å². The minimum absolute atomic E-state index is 0.0284. The van der Waals surface area contributed by atoms with E-state index in [1.165, 1.54) is 19.3 Å². The third-order valence-corrected chi connectivity index (χ3v) is 8.54. The lowest BCUT2D eigenvalue weighted by molar-refractivity contribution is 0.0901. The molecule has 0 spiro atoms. The molecule has 1 aliphatic rings. The summed E-state index contributed by atoms with van der Waals surface area (Å²) in [5.41, 5.74) is 4.64. The predicted octanol–water partition coefficient (Wildman–Crippen LogP) is 6.14. The maximum absolute atomic E-state index is 13.3. The fourth-order valence-corrected chi connectivity index (χ4v) is 5.52. The van der Waals surface area contributed by atoms with Gasteiger partial charge >= 0.3 is 0 Å². The van der Waals surface area contributed by atoms with Crippen LogP contribution in [-0.4, -0.2) is 36.2 Å². The van der Waals surface area contributed by atoms with E-state index in [1.807, 2.05) is 30.0 Å². The molecule has 4 rings (SSSR count). The van der Waals surface area contributed by atoms with Gasteiger partial charge in [0.1, 0.15) is 6.73 Å². The average Bonchev–Trinajstić information content (AvgIpc) is 3.41. The Balaban J connectivity index is 1.61. The van der Waals surface area contributed by atoms with Crippen LogP contribution in [0.25, 0.3) is 21.3 Å². The van der Waals surface area contributed by atoms with Crippen molar-refractivity contribution < 1.29 is 9.53 Å². The number of carbonyl (C=O) groups excluding carboxylic acids is 1. The largest absolute Gasteiger partial charge is 0.361 e. The van der Waals surface area contributed by atoms with Crippen LogP contribution in [0.2, 0.25) is 25.7 Å². The number of fused-ring (bicyclic) bond motifs is 1. The Bertz CT molecular complexity index is 1020. The highest BCUT2D eigenvalue weighted by Crippen LogP contribution is 2.31. The van der Waals surface area contributed by atoms with Crippen molar-refractivity contribution in [1.82, 2.24) is 14.9 Å². The van der Waals surface area contributed by atoms with Crippen molar-refractivity contribution in [2.24, 2.45) is 0 Å². The van der Waals surface area contributed by atoms with Gasteiger partial charge in [-0.25, -0.2) is 0 Å². The number of nitrogens with zero attached hydrogens (tertiary/aromatic N) is 2. The molecule has 2 aromatic heterocycles. The number of carbonyl (C=O) groups is 1. The molecule has 0 aliphatic heterocycles. The number of nitrogens with one attached hydrogen (secondary N) is 1. The van der Waals surface area contributed by atoms with E-state index in [4.69, 9.17) is 4.74 Å². The molecule has 0 bridgehead atoms. The molecule has 0 saturated heterocycles. The van der Waals surface area contributed by atoms with Crippen molar-refractivity contribution in [3.8, 4) is 10.4 Å². The van der Waals surface area contributed by atoms with E-state index in [2.05, 4.69) is 40.6 Å². The van der Waals surface area contributed by atoms with Crippen molar-refractivity contribution in [3.05, 3.63) is 41.7 Å². The highest BCUT2D eigenvalue weighted by Gasteiger charge is 2.20. The number of amides is 1. The molecule has 1 N–H and O–H groups in total. The van der Waals surface area contributed by atoms with Crippen molar-refractivity contribution in [1.29, 1.82) is 0 Å². The summed E-state index contributed by atoms with van der Waals surface area (Å²) in [5, 5.41) is 4.27. The van der Waals surface area contributed by atoms with Gasteiger partial charge in [-0.3, -0.25) is 9.78 Å². The van der Waals surface area contributed by atoms with E-state index in [9.17, 15) is 4.79 Å². The smallest absolute Gasteiger partial charge is 0.252 e. The summed E-state index contributed by atoms with van der Waals surface area (Å²) in [6.07, 6.45) is 9.74. The Hall–Kier alpha value is -1.96. The van der Waals surface area contributed by atoms with E-state index in [0.29, 0.717) is 6.73 Å². The number of thiazole rings is 1. The van der Waals surface area contributed by atoms with Gasteiger partial charge in [0, 0.05) is 44.1 Å². The summed E-state index contributed by atoms with van der Waals surface area (Å²) in [5.74, 6) is 0.0284. The van der Waals surface area contributed by atoms with Crippen LogP contribution in [0, 0.1) is 0 Å². The van der Waals surface area contributed by atoms with Gasteiger partial charge in [-0.1, -0.05) is 38.9 Å². The number of rotatable bonds is 8. The molecule has 7 heteroatoms. The van der Waals surface area contributed by atoms with Crippen LogP contribution in [0.1, 0.15) is 42.5 Å². The second-order valence-electron chi connectivity index (χ2n) is 9.76. The molecule has 0 atom stereocenters. The monoisotopic (exact) mass is 455 g/mol. The summed E-state index contributed by atoms with van der Waals surface area (Å²) in [7, 11) is -1.12. The molecular weight excluding hydrogens is 422 g/mol. The molecule has 1 amide bonds. The van der Waals surface area contributed by atoms with Crippen molar-refractivity contribution >= 4 is 36.2 Å². The minimum Gasteiger partial charge on any atom is -0.361 e. The summed E-state index contributed by atoms with van der Waals surface area (Å²) >= 11 is 1.59. The summed E-state index contributed by atoms with van der Waals surface area (Å²) in [4.78, 5) is 18.6. The summed E-state index contributed by atoms with van der Waals surface area (Å²) in [6.45, 7) is 8.36. The molecule has 2 heterocycles. The highest BCUT2D eigenvalue weighted by molar-refractivity contribution is 7.13. The molecule has 1 fully saturated rings. The van der Waals surface area contributed by atoms with Crippen molar-refractivity contribution in [2.75, 3.05) is 6.61 Å². The predicted molar refractivity (Wildman–Crippen MR) is 131 cm³/mol. The molecule has 0 unspecified atom stereocenters. The zero-order valence-corrected chi connectivity index (χ0v) is 20.6. The molecule has 0 radical (unpaired) electrons. The first-order chi connectivity index (χ1) is 14.9. The number of hydrogen-bond donors (Lipinski definition) is 1. The average molecular weight is 456 g/mol. The Morgan fingerprint density at radius 2 is 2.06 bits per heavy atom. The van der Waals surface area contributed by atoms with E-state index >= 15 is 0 Å². The molecular formula is C24H33N3O2SSi. The van der Waals surface area contributed by atoms with Crippen LogP contribution in [0.3, 0.4) is 0 Å². The van der Waals surface area contributed by atoms with Crippen molar-refractivity contribution in [3.63, 3.8) is 0 Å². The second-order valence-corrected chi connectivity index (χ2v) is 16.3. The first kappa shape index (κ1) is 22.2. The molecule has 5 nitrogen and oxygen atoms in total. The van der Waals surface area contributed by atoms with Crippen LogP contribution >= 0.6 is 11.3 Å². The second kappa shape index (κ2) is 9.67. The zero-order chi connectivity index (χ0) is 21.8. The summed E-state index contributed by atoms with van der Waals surface area (Å²) < 4.78 is 8.11. The van der Waals surface area contributed by atoms with Crippen LogP contribution in [0.15, 0.2) is 36.1 Å². The molecule has 166 valence electrons. The quantitative estimate of drug-likeness (QED) is 0.328. The lowest BCUT2D eigenvalue weighted by Gasteiger charge is -2.23. The number of benzene rings is 1. The Morgan fingerprint density at radius 3 is 2.77 bits per heavy atom. The van der Waals surface area contributed by atoms with Gasteiger partial charge in [0.15, 0.2) is 0 Å².